The zero-order chi connectivity index (χ0) is 19.9. The van der Waals surface area contributed by atoms with Crippen LogP contribution in [0.2, 0.25) is 0 Å². The van der Waals surface area contributed by atoms with E-state index in [9.17, 15) is 13.2 Å². The molecule has 1 aliphatic carbocycles. The van der Waals surface area contributed by atoms with Crippen LogP contribution in [-0.4, -0.2) is 14.3 Å². The van der Waals surface area contributed by atoms with Gasteiger partial charge in [0.05, 0.1) is 15.8 Å². The number of carbonyl (C=O) groups is 1. The highest BCUT2D eigenvalue weighted by molar-refractivity contribution is 7.89. The number of amides is 1. The quantitative estimate of drug-likeness (QED) is 0.685. The zero-order valence-corrected chi connectivity index (χ0v) is 16.9. The maximum atomic E-state index is 12.8. The second-order valence-electron chi connectivity index (χ2n) is 6.93. The standard InChI is InChI=1S/C21H20N2O3S2/c1-13(14-8-10-17(11-9-14)28(22,25)26)23-21(24)19-12-16-7-6-15-4-2-3-5-18(15)20(16)27-19/h2-5,8-13H,6-7H2,1H3,(H,23,24)(H2,22,25,26). The number of nitrogens with two attached hydrogens (primary N) is 1. The fourth-order valence-corrected chi connectivity index (χ4v) is 5.17. The van der Waals surface area contributed by atoms with Crippen molar-refractivity contribution in [2.24, 2.45) is 5.14 Å². The van der Waals surface area contributed by atoms with Gasteiger partial charge < -0.3 is 5.32 Å². The molecule has 0 saturated heterocycles. The monoisotopic (exact) mass is 412 g/mol. The number of aryl methyl sites for hydroxylation is 2. The molecule has 0 saturated carbocycles. The molecule has 1 amide bonds. The maximum absolute atomic E-state index is 12.8. The summed E-state index contributed by atoms with van der Waals surface area (Å²) >= 11 is 1.52. The SMILES string of the molecule is CC(NC(=O)c1cc2c(s1)-c1ccccc1CC2)c1ccc(S(N)(=O)=O)cc1. The number of rotatable bonds is 4. The molecule has 1 aromatic heterocycles. The van der Waals surface area contributed by atoms with Crippen LogP contribution in [-0.2, 0) is 22.9 Å². The van der Waals surface area contributed by atoms with Crippen molar-refractivity contribution < 1.29 is 13.2 Å². The van der Waals surface area contributed by atoms with E-state index >= 15 is 0 Å². The lowest BCUT2D eigenvalue weighted by atomic mass is 9.91. The average molecular weight is 413 g/mol. The number of fused-ring (bicyclic) bond motifs is 3. The van der Waals surface area contributed by atoms with Gasteiger partial charge >= 0.3 is 0 Å². The van der Waals surface area contributed by atoms with E-state index in [1.54, 1.807) is 12.1 Å². The molecular weight excluding hydrogens is 392 g/mol. The summed E-state index contributed by atoms with van der Waals surface area (Å²) in [6.45, 7) is 1.87. The highest BCUT2D eigenvalue weighted by Gasteiger charge is 2.22. The predicted octanol–water partition coefficient (Wildman–Crippen LogP) is 3.65. The first kappa shape index (κ1) is 18.9. The molecule has 2 aromatic carbocycles. The van der Waals surface area contributed by atoms with E-state index < -0.39 is 10.0 Å². The van der Waals surface area contributed by atoms with Crippen LogP contribution in [0, 0.1) is 0 Å². The van der Waals surface area contributed by atoms with Gasteiger partial charge in [0, 0.05) is 4.88 Å². The number of hydrogen-bond acceptors (Lipinski definition) is 4. The highest BCUT2D eigenvalue weighted by atomic mass is 32.2. The topological polar surface area (TPSA) is 89.3 Å². The molecule has 0 radical (unpaired) electrons. The third-order valence-corrected chi connectivity index (χ3v) is 7.15. The molecule has 28 heavy (non-hydrogen) atoms. The predicted molar refractivity (Wildman–Crippen MR) is 111 cm³/mol. The van der Waals surface area contributed by atoms with Gasteiger partial charge in [-0.1, -0.05) is 36.4 Å². The molecule has 0 fully saturated rings. The van der Waals surface area contributed by atoms with Crippen LogP contribution < -0.4 is 10.5 Å². The van der Waals surface area contributed by atoms with Crippen molar-refractivity contribution in [2.45, 2.75) is 30.7 Å². The van der Waals surface area contributed by atoms with Gasteiger partial charge in [-0.05, 0) is 60.2 Å². The van der Waals surface area contributed by atoms with Crippen LogP contribution in [0.5, 0.6) is 0 Å². The van der Waals surface area contributed by atoms with E-state index in [2.05, 4.69) is 17.4 Å². The third-order valence-electron chi connectivity index (χ3n) is 5.01. The molecule has 3 N–H and O–H groups in total. The van der Waals surface area contributed by atoms with Gasteiger partial charge in [0.1, 0.15) is 0 Å². The Labute approximate surface area is 168 Å². The van der Waals surface area contributed by atoms with Gasteiger partial charge in [0.25, 0.3) is 5.91 Å². The molecule has 1 atom stereocenters. The van der Waals surface area contributed by atoms with Gasteiger partial charge in [0.2, 0.25) is 10.0 Å². The molecule has 7 heteroatoms. The summed E-state index contributed by atoms with van der Waals surface area (Å²) in [5.74, 6) is -0.125. The molecule has 0 spiro atoms. The maximum Gasteiger partial charge on any atom is 0.261 e. The van der Waals surface area contributed by atoms with E-state index in [4.69, 9.17) is 5.14 Å². The van der Waals surface area contributed by atoms with Crippen LogP contribution in [0.15, 0.2) is 59.5 Å². The van der Waals surface area contributed by atoms with Crippen molar-refractivity contribution >= 4 is 27.3 Å². The van der Waals surface area contributed by atoms with Crippen LogP contribution in [0.1, 0.15) is 39.3 Å². The number of hydrogen-bond donors (Lipinski definition) is 2. The van der Waals surface area contributed by atoms with Crippen molar-refractivity contribution in [2.75, 3.05) is 0 Å². The smallest absolute Gasteiger partial charge is 0.261 e. The van der Waals surface area contributed by atoms with Gasteiger partial charge in [-0.3, -0.25) is 4.79 Å². The molecule has 0 aliphatic heterocycles. The summed E-state index contributed by atoms with van der Waals surface area (Å²) in [4.78, 5) is 14.7. The number of primary sulfonamides is 1. The first-order chi connectivity index (χ1) is 13.3. The lowest BCUT2D eigenvalue weighted by Gasteiger charge is -2.15. The Kier molecular flexibility index (Phi) is 4.82. The van der Waals surface area contributed by atoms with Crippen LogP contribution in [0.25, 0.3) is 10.4 Å². The largest absolute Gasteiger partial charge is 0.345 e. The minimum Gasteiger partial charge on any atom is -0.345 e. The molecule has 3 aromatic rings. The van der Waals surface area contributed by atoms with Crippen molar-refractivity contribution in [1.29, 1.82) is 0 Å². The van der Waals surface area contributed by atoms with E-state index in [0.29, 0.717) is 4.88 Å². The first-order valence-corrected chi connectivity index (χ1v) is 11.3. The molecule has 5 nitrogen and oxygen atoms in total. The minimum atomic E-state index is -3.72. The van der Waals surface area contributed by atoms with Crippen molar-refractivity contribution in [3.8, 4) is 10.4 Å². The van der Waals surface area contributed by atoms with E-state index in [1.807, 2.05) is 25.1 Å². The lowest BCUT2D eigenvalue weighted by molar-refractivity contribution is 0.0944. The summed E-state index contributed by atoms with van der Waals surface area (Å²) in [5.41, 5.74) is 4.58. The van der Waals surface area contributed by atoms with E-state index in [-0.39, 0.29) is 16.8 Å². The Hall–Kier alpha value is -2.48. The molecular formula is C21H20N2O3S2. The first-order valence-electron chi connectivity index (χ1n) is 8.97. The Balaban J connectivity index is 1.53. The minimum absolute atomic E-state index is 0.0550. The fourth-order valence-electron chi connectivity index (χ4n) is 3.48. The number of thiophene rings is 1. The van der Waals surface area contributed by atoms with Crippen LogP contribution in [0.3, 0.4) is 0 Å². The van der Waals surface area contributed by atoms with Crippen LogP contribution in [0.4, 0.5) is 0 Å². The second-order valence-corrected chi connectivity index (χ2v) is 9.54. The summed E-state index contributed by atoms with van der Waals surface area (Å²) in [5, 5.41) is 8.12. The molecule has 1 heterocycles. The Morgan fingerprint density at radius 3 is 2.46 bits per heavy atom. The fraction of sp³-hybridized carbons (Fsp3) is 0.190. The van der Waals surface area contributed by atoms with Crippen LogP contribution >= 0.6 is 11.3 Å². The van der Waals surface area contributed by atoms with Gasteiger partial charge in [-0.25, -0.2) is 13.6 Å². The Morgan fingerprint density at radius 2 is 1.75 bits per heavy atom. The molecule has 0 bridgehead atoms. The zero-order valence-electron chi connectivity index (χ0n) is 15.3. The van der Waals surface area contributed by atoms with Crippen molar-refractivity contribution in [1.82, 2.24) is 5.32 Å². The van der Waals surface area contributed by atoms with Crippen molar-refractivity contribution in [3.05, 3.63) is 76.2 Å². The molecule has 1 aliphatic rings. The average Bonchev–Trinajstić information content (AvgIpc) is 3.12. The van der Waals surface area contributed by atoms with Gasteiger partial charge in [0.15, 0.2) is 0 Å². The van der Waals surface area contributed by atoms with E-state index in [0.717, 1.165) is 18.4 Å². The second kappa shape index (κ2) is 7.16. The highest BCUT2D eigenvalue weighted by Crippen LogP contribution is 2.39. The molecule has 4 rings (SSSR count). The number of nitrogens with one attached hydrogen (secondary N) is 1. The number of sulfonamides is 1. The third kappa shape index (κ3) is 3.61. The van der Waals surface area contributed by atoms with Gasteiger partial charge in [-0.15, -0.1) is 11.3 Å². The molecule has 1 unspecified atom stereocenters. The normalized spacial score (nSPS) is 14.1. The summed E-state index contributed by atoms with van der Waals surface area (Å²) in [7, 11) is -3.72. The van der Waals surface area contributed by atoms with Gasteiger partial charge in [-0.2, -0.15) is 0 Å². The lowest BCUT2D eigenvalue weighted by Crippen LogP contribution is -2.26. The summed E-state index contributed by atoms with van der Waals surface area (Å²) in [6.07, 6.45) is 1.94. The van der Waals surface area contributed by atoms with Crippen molar-refractivity contribution in [3.63, 3.8) is 0 Å². The Bertz CT molecular complexity index is 1150. The van der Waals surface area contributed by atoms with E-state index in [1.165, 1.54) is 45.0 Å². The number of benzene rings is 2. The molecule has 144 valence electrons. The Morgan fingerprint density at radius 1 is 1.07 bits per heavy atom. The summed E-state index contributed by atoms with van der Waals surface area (Å²) in [6, 6.07) is 16.3. The summed E-state index contributed by atoms with van der Waals surface area (Å²) < 4.78 is 22.7. The number of carbonyl (C=O) groups excluding carboxylic acids is 1.